The Kier molecular flexibility index (Phi) is 3.79. The molecule has 1 saturated heterocycles. The second-order valence-electron chi connectivity index (χ2n) is 6.43. The zero-order chi connectivity index (χ0) is 14.0. The normalized spacial score (nSPS) is 23.6. The fourth-order valence-electron chi connectivity index (χ4n) is 3.06. The summed E-state index contributed by atoms with van der Waals surface area (Å²) < 4.78 is 5.33. The number of amides is 1. The Morgan fingerprint density at radius 2 is 2.30 bits per heavy atom. The minimum atomic E-state index is 0.0321. The van der Waals surface area contributed by atoms with Crippen LogP contribution in [-0.2, 0) is 16.0 Å². The van der Waals surface area contributed by atoms with Crippen molar-refractivity contribution in [3.63, 3.8) is 0 Å². The number of aryl methyl sites for hydroxylation is 1. The van der Waals surface area contributed by atoms with Crippen molar-refractivity contribution in [2.75, 3.05) is 13.2 Å². The highest BCUT2D eigenvalue weighted by atomic mass is 16.5. The Morgan fingerprint density at radius 3 is 2.95 bits per heavy atom. The summed E-state index contributed by atoms with van der Waals surface area (Å²) in [5.74, 6) is 0.621. The van der Waals surface area contributed by atoms with Crippen LogP contribution >= 0.6 is 0 Å². The standard InChI is InChI=1S/C17H23NO2/c1-13-3-2-4-14(9-13)11-17(6-7-17)18-16(19)10-15-5-8-20-12-15/h2-4,9,15H,5-8,10-12H2,1H3,(H,18,19)/t15-/m1/s1. The summed E-state index contributed by atoms with van der Waals surface area (Å²) >= 11 is 0. The van der Waals surface area contributed by atoms with Crippen molar-refractivity contribution < 1.29 is 9.53 Å². The minimum Gasteiger partial charge on any atom is -0.381 e. The Balaban J connectivity index is 1.54. The van der Waals surface area contributed by atoms with E-state index in [1.54, 1.807) is 0 Å². The molecule has 3 heteroatoms. The van der Waals surface area contributed by atoms with Crippen LogP contribution in [0.3, 0.4) is 0 Å². The van der Waals surface area contributed by atoms with Crippen molar-refractivity contribution in [3.05, 3.63) is 35.4 Å². The predicted octanol–water partition coefficient (Wildman–Crippen LogP) is 2.61. The maximum atomic E-state index is 12.1. The highest BCUT2D eigenvalue weighted by Crippen LogP contribution is 2.39. The van der Waals surface area contributed by atoms with Gasteiger partial charge in [0.15, 0.2) is 0 Å². The quantitative estimate of drug-likeness (QED) is 0.895. The van der Waals surface area contributed by atoms with Gasteiger partial charge in [-0.1, -0.05) is 29.8 Å². The monoisotopic (exact) mass is 273 g/mol. The Hall–Kier alpha value is -1.35. The van der Waals surface area contributed by atoms with Crippen molar-refractivity contribution in [2.45, 2.75) is 44.6 Å². The highest BCUT2D eigenvalue weighted by molar-refractivity contribution is 5.77. The van der Waals surface area contributed by atoms with Crippen LogP contribution in [0.5, 0.6) is 0 Å². The zero-order valence-corrected chi connectivity index (χ0v) is 12.2. The molecule has 1 amide bonds. The van der Waals surface area contributed by atoms with E-state index in [-0.39, 0.29) is 11.4 Å². The van der Waals surface area contributed by atoms with Gasteiger partial charge in [0.25, 0.3) is 0 Å². The molecule has 3 rings (SSSR count). The average molecular weight is 273 g/mol. The van der Waals surface area contributed by atoms with E-state index in [0.717, 1.165) is 38.9 Å². The fraction of sp³-hybridized carbons (Fsp3) is 0.588. The molecule has 0 unspecified atom stereocenters. The second kappa shape index (κ2) is 5.57. The van der Waals surface area contributed by atoms with Gasteiger partial charge in [-0.05, 0) is 44.1 Å². The molecule has 1 aromatic carbocycles. The molecule has 1 saturated carbocycles. The van der Waals surface area contributed by atoms with Crippen molar-refractivity contribution >= 4 is 5.91 Å². The van der Waals surface area contributed by atoms with E-state index in [2.05, 4.69) is 36.5 Å². The number of rotatable bonds is 5. The zero-order valence-electron chi connectivity index (χ0n) is 12.2. The first kappa shape index (κ1) is 13.6. The third-order valence-corrected chi connectivity index (χ3v) is 4.38. The van der Waals surface area contributed by atoms with Gasteiger partial charge in [0.2, 0.25) is 5.91 Å². The molecule has 3 nitrogen and oxygen atoms in total. The molecule has 0 bridgehead atoms. The van der Waals surface area contributed by atoms with Crippen LogP contribution in [-0.4, -0.2) is 24.7 Å². The molecular formula is C17H23NO2. The molecule has 2 fully saturated rings. The topological polar surface area (TPSA) is 38.3 Å². The maximum Gasteiger partial charge on any atom is 0.220 e. The van der Waals surface area contributed by atoms with E-state index in [1.165, 1.54) is 11.1 Å². The van der Waals surface area contributed by atoms with Gasteiger partial charge in [0, 0.05) is 25.2 Å². The van der Waals surface area contributed by atoms with E-state index in [0.29, 0.717) is 12.3 Å². The summed E-state index contributed by atoms with van der Waals surface area (Å²) in [5, 5.41) is 3.27. The molecule has 1 N–H and O–H groups in total. The molecule has 0 spiro atoms. The largest absolute Gasteiger partial charge is 0.381 e. The van der Waals surface area contributed by atoms with E-state index in [1.807, 2.05) is 0 Å². The summed E-state index contributed by atoms with van der Waals surface area (Å²) in [6, 6.07) is 8.58. The van der Waals surface area contributed by atoms with Gasteiger partial charge >= 0.3 is 0 Å². The van der Waals surface area contributed by atoms with Gasteiger partial charge in [-0.3, -0.25) is 4.79 Å². The lowest BCUT2D eigenvalue weighted by molar-refractivity contribution is -0.123. The Morgan fingerprint density at radius 1 is 1.45 bits per heavy atom. The number of carbonyl (C=O) groups excluding carboxylic acids is 1. The van der Waals surface area contributed by atoms with Crippen LogP contribution in [0.4, 0.5) is 0 Å². The van der Waals surface area contributed by atoms with E-state index >= 15 is 0 Å². The first-order valence-electron chi connectivity index (χ1n) is 7.60. The SMILES string of the molecule is Cc1cccc(CC2(NC(=O)C[C@H]3CCOC3)CC2)c1. The molecule has 0 radical (unpaired) electrons. The van der Waals surface area contributed by atoms with Gasteiger partial charge in [-0.15, -0.1) is 0 Å². The van der Waals surface area contributed by atoms with E-state index < -0.39 is 0 Å². The third kappa shape index (κ3) is 3.40. The van der Waals surface area contributed by atoms with Gasteiger partial charge in [-0.25, -0.2) is 0 Å². The third-order valence-electron chi connectivity index (χ3n) is 4.38. The van der Waals surface area contributed by atoms with Gasteiger partial charge in [0.05, 0.1) is 0 Å². The lowest BCUT2D eigenvalue weighted by atomic mass is 10.0. The van der Waals surface area contributed by atoms with Crippen LogP contribution < -0.4 is 5.32 Å². The number of benzene rings is 1. The van der Waals surface area contributed by atoms with E-state index in [9.17, 15) is 4.79 Å². The summed E-state index contributed by atoms with van der Waals surface area (Å²) in [6.45, 7) is 3.67. The maximum absolute atomic E-state index is 12.1. The molecule has 1 aliphatic heterocycles. The van der Waals surface area contributed by atoms with E-state index in [4.69, 9.17) is 4.74 Å². The fourth-order valence-corrected chi connectivity index (χ4v) is 3.06. The van der Waals surface area contributed by atoms with Gasteiger partial charge in [0.1, 0.15) is 0 Å². The molecule has 2 aliphatic rings. The first-order valence-corrected chi connectivity index (χ1v) is 7.60. The Bertz CT molecular complexity index is 488. The summed E-state index contributed by atoms with van der Waals surface area (Å²) in [5.41, 5.74) is 2.64. The highest BCUT2D eigenvalue weighted by Gasteiger charge is 2.44. The summed E-state index contributed by atoms with van der Waals surface area (Å²) in [4.78, 5) is 12.1. The van der Waals surface area contributed by atoms with Crippen molar-refractivity contribution in [1.29, 1.82) is 0 Å². The van der Waals surface area contributed by atoms with Gasteiger partial charge < -0.3 is 10.1 Å². The van der Waals surface area contributed by atoms with Gasteiger partial charge in [-0.2, -0.15) is 0 Å². The molecule has 20 heavy (non-hydrogen) atoms. The molecule has 1 aromatic rings. The summed E-state index contributed by atoms with van der Waals surface area (Å²) in [7, 11) is 0. The van der Waals surface area contributed by atoms with Crippen LogP contribution in [0.25, 0.3) is 0 Å². The molecule has 1 heterocycles. The first-order chi connectivity index (χ1) is 9.65. The number of hydrogen-bond acceptors (Lipinski definition) is 2. The molecule has 1 atom stereocenters. The Labute approximate surface area is 120 Å². The van der Waals surface area contributed by atoms with Crippen molar-refractivity contribution in [3.8, 4) is 0 Å². The molecule has 108 valence electrons. The average Bonchev–Trinajstić information content (AvgIpc) is 2.94. The number of hydrogen-bond donors (Lipinski definition) is 1. The molecule has 0 aromatic heterocycles. The minimum absolute atomic E-state index is 0.0321. The van der Waals surface area contributed by atoms with Crippen molar-refractivity contribution in [1.82, 2.24) is 5.32 Å². The van der Waals surface area contributed by atoms with Crippen LogP contribution in [0.2, 0.25) is 0 Å². The number of carbonyl (C=O) groups is 1. The smallest absolute Gasteiger partial charge is 0.220 e. The van der Waals surface area contributed by atoms with Crippen LogP contribution in [0.1, 0.15) is 36.8 Å². The predicted molar refractivity (Wildman–Crippen MR) is 78.5 cm³/mol. The van der Waals surface area contributed by atoms with Crippen LogP contribution in [0, 0.1) is 12.8 Å². The van der Waals surface area contributed by atoms with Crippen LogP contribution in [0.15, 0.2) is 24.3 Å². The molecule has 1 aliphatic carbocycles. The lowest BCUT2D eigenvalue weighted by Gasteiger charge is -2.19. The number of nitrogens with one attached hydrogen (secondary N) is 1. The number of ether oxygens (including phenoxy) is 1. The lowest BCUT2D eigenvalue weighted by Crippen LogP contribution is -2.39. The summed E-state index contributed by atoms with van der Waals surface area (Å²) in [6.07, 6.45) is 4.82. The molecular weight excluding hydrogens is 250 g/mol. The second-order valence-corrected chi connectivity index (χ2v) is 6.43. The van der Waals surface area contributed by atoms with Crippen molar-refractivity contribution in [2.24, 2.45) is 5.92 Å².